The third-order valence-corrected chi connectivity index (χ3v) is 6.32. The first-order chi connectivity index (χ1) is 15.9. The number of carbonyl (C=O) groups excluding carboxylic acids is 1. The van der Waals surface area contributed by atoms with Gasteiger partial charge in [0.15, 0.2) is 11.6 Å². The molecule has 1 amide bonds. The van der Waals surface area contributed by atoms with E-state index in [1.807, 2.05) is 18.2 Å². The number of phenolic OH excluding ortho intramolecular Hbond substituents is 1. The lowest BCUT2D eigenvalue weighted by Crippen LogP contribution is -2.38. The van der Waals surface area contributed by atoms with Crippen molar-refractivity contribution in [1.29, 1.82) is 0 Å². The molecule has 2 atom stereocenters. The third-order valence-electron chi connectivity index (χ3n) is 6.32. The van der Waals surface area contributed by atoms with Gasteiger partial charge in [-0.2, -0.15) is 0 Å². The van der Waals surface area contributed by atoms with E-state index in [2.05, 4.69) is 4.90 Å². The molecule has 3 aromatic rings. The van der Waals surface area contributed by atoms with Crippen molar-refractivity contribution in [1.82, 2.24) is 9.88 Å². The normalized spacial score (nSPS) is 20.0. The Morgan fingerprint density at radius 2 is 1.85 bits per heavy atom. The maximum atomic E-state index is 13.8. The van der Waals surface area contributed by atoms with Gasteiger partial charge in [0.05, 0.1) is 18.3 Å². The molecule has 0 aliphatic carbocycles. The zero-order valence-electron chi connectivity index (χ0n) is 18.0. The maximum Gasteiger partial charge on any atom is 0.411 e. The Bertz CT molecular complexity index is 1220. The molecule has 2 aromatic carbocycles. The van der Waals surface area contributed by atoms with E-state index in [0.717, 1.165) is 37.5 Å². The number of aromatic hydroxyl groups is 1. The van der Waals surface area contributed by atoms with Crippen molar-refractivity contribution in [3.63, 3.8) is 0 Å². The van der Waals surface area contributed by atoms with E-state index < -0.39 is 29.9 Å². The number of cyclic esters (lactones) is 1. The molecule has 0 spiro atoms. The number of hydrogen-bond acceptors (Lipinski definition) is 5. The summed E-state index contributed by atoms with van der Waals surface area (Å²) in [5, 5.41) is 10.4. The SMILES string of the molecule is C[C@H]1[C@@H](c2ccc(F)c(F)c2)OC(=O)N1Cc1nc(N2CCC2)ccc1-c1ccccc1O. The molecule has 0 bridgehead atoms. The fraction of sp³-hybridized carbons (Fsp3) is 0.280. The highest BCUT2D eigenvalue weighted by atomic mass is 19.2. The van der Waals surface area contributed by atoms with Crippen LogP contribution in [0.1, 0.15) is 30.7 Å². The molecule has 2 aliphatic heterocycles. The zero-order valence-corrected chi connectivity index (χ0v) is 18.0. The molecule has 0 saturated carbocycles. The number of phenols is 1. The average molecular weight is 451 g/mol. The van der Waals surface area contributed by atoms with E-state index in [-0.39, 0.29) is 12.3 Å². The molecule has 2 fully saturated rings. The van der Waals surface area contributed by atoms with E-state index in [1.54, 1.807) is 25.1 Å². The molecule has 1 aromatic heterocycles. The number of nitrogens with zero attached hydrogens (tertiary/aromatic N) is 3. The van der Waals surface area contributed by atoms with Crippen LogP contribution >= 0.6 is 0 Å². The quantitative estimate of drug-likeness (QED) is 0.590. The van der Waals surface area contributed by atoms with Gasteiger partial charge < -0.3 is 14.7 Å². The van der Waals surface area contributed by atoms with E-state index in [9.17, 15) is 18.7 Å². The fourth-order valence-corrected chi connectivity index (χ4v) is 4.29. The van der Waals surface area contributed by atoms with Gasteiger partial charge in [-0.1, -0.05) is 24.3 Å². The standard InChI is InChI=1S/C25H23F2N3O3/c1-15-24(16-7-9-19(26)20(27)13-16)33-25(32)30(15)14-21-17(18-5-2-3-6-22(18)31)8-10-23(28-21)29-11-4-12-29/h2-3,5-10,13,15,24,31H,4,11-12,14H2,1H3/t15-,24-/m0/s1. The second-order valence-corrected chi connectivity index (χ2v) is 8.37. The van der Waals surface area contributed by atoms with Crippen LogP contribution in [0.25, 0.3) is 11.1 Å². The summed E-state index contributed by atoms with van der Waals surface area (Å²) in [6.45, 7) is 3.78. The van der Waals surface area contributed by atoms with Crippen LogP contribution in [0.5, 0.6) is 5.75 Å². The lowest BCUT2D eigenvalue weighted by molar-refractivity contribution is 0.130. The number of ether oxygens (including phenoxy) is 1. The van der Waals surface area contributed by atoms with E-state index in [1.165, 1.54) is 11.0 Å². The second-order valence-electron chi connectivity index (χ2n) is 8.37. The minimum Gasteiger partial charge on any atom is -0.507 e. The number of carbonyl (C=O) groups is 1. The highest BCUT2D eigenvalue weighted by Gasteiger charge is 2.40. The van der Waals surface area contributed by atoms with Gasteiger partial charge in [0.2, 0.25) is 0 Å². The van der Waals surface area contributed by atoms with Gasteiger partial charge in [-0.05, 0) is 49.2 Å². The van der Waals surface area contributed by atoms with Crippen molar-refractivity contribution in [2.24, 2.45) is 0 Å². The molecule has 1 N–H and O–H groups in total. The number of amides is 1. The van der Waals surface area contributed by atoms with Crippen molar-refractivity contribution < 1.29 is 23.4 Å². The number of pyridine rings is 1. The number of para-hydroxylation sites is 1. The van der Waals surface area contributed by atoms with Gasteiger partial charge in [0.1, 0.15) is 17.7 Å². The number of rotatable bonds is 5. The lowest BCUT2D eigenvalue weighted by Gasteiger charge is -2.33. The van der Waals surface area contributed by atoms with Crippen molar-refractivity contribution in [3.8, 4) is 16.9 Å². The summed E-state index contributed by atoms with van der Waals surface area (Å²) in [4.78, 5) is 21.3. The lowest BCUT2D eigenvalue weighted by atomic mass is 10.0. The predicted octanol–water partition coefficient (Wildman–Crippen LogP) is 5.02. The third kappa shape index (κ3) is 3.86. The fourth-order valence-electron chi connectivity index (χ4n) is 4.29. The molecule has 0 radical (unpaired) electrons. The second kappa shape index (κ2) is 8.35. The molecule has 0 unspecified atom stereocenters. The van der Waals surface area contributed by atoms with E-state index in [4.69, 9.17) is 9.72 Å². The molecule has 170 valence electrons. The summed E-state index contributed by atoms with van der Waals surface area (Å²) in [7, 11) is 0. The highest BCUT2D eigenvalue weighted by Crippen LogP contribution is 2.37. The van der Waals surface area contributed by atoms with Crippen molar-refractivity contribution in [3.05, 3.63) is 77.5 Å². The Hall–Kier alpha value is -3.68. The van der Waals surface area contributed by atoms with Gasteiger partial charge in [-0.15, -0.1) is 0 Å². The molecule has 33 heavy (non-hydrogen) atoms. The first kappa shape index (κ1) is 21.2. The first-order valence-electron chi connectivity index (χ1n) is 10.9. The zero-order chi connectivity index (χ0) is 23.1. The number of benzene rings is 2. The Kier molecular flexibility index (Phi) is 5.36. The van der Waals surface area contributed by atoms with Crippen molar-refractivity contribution >= 4 is 11.9 Å². The molecule has 2 aliphatic rings. The monoisotopic (exact) mass is 451 g/mol. The number of anilines is 1. The van der Waals surface area contributed by atoms with Crippen LogP contribution in [0.2, 0.25) is 0 Å². The Labute approximate surface area is 190 Å². The summed E-state index contributed by atoms with van der Waals surface area (Å²) in [6, 6.07) is 13.9. The molecular weight excluding hydrogens is 428 g/mol. The summed E-state index contributed by atoms with van der Waals surface area (Å²) in [5.74, 6) is -1.01. The van der Waals surface area contributed by atoms with E-state index in [0.29, 0.717) is 22.4 Å². The van der Waals surface area contributed by atoms with Crippen LogP contribution < -0.4 is 4.90 Å². The summed E-state index contributed by atoms with van der Waals surface area (Å²) in [5.41, 5.74) is 2.34. The largest absolute Gasteiger partial charge is 0.507 e. The van der Waals surface area contributed by atoms with E-state index >= 15 is 0 Å². The Morgan fingerprint density at radius 3 is 2.55 bits per heavy atom. The van der Waals surface area contributed by atoms with Crippen LogP contribution in [0, 0.1) is 11.6 Å². The number of aromatic nitrogens is 1. The molecular formula is C25H23F2N3O3. The summed E-state index contributed by atoms with van der Waals surface area (Å²) < 4.78 is 32.7. The number of hydrogen-bond donors (Lipinski definition) is 1. The van der Waals surface area contributed by atoms with Crippen LogP contribution in [0.3, 0.4) is 0 Å². The molecule has 6 nitrogen and oxygen atoms in total. The van der Waals surface area contributed by atoms with Gasteiger partial charge in [-0.25, -0.2) is 18.6 Å². The van der Waals surface area contributed by atoms with Crippen LogP contribution in [0.15, 0.2) is 54.6 Å². The van der Waals surface area contributed by atoms with Crippen LogP contribution in [-0.4, -0.2) is 40.2 Å². The number of halogens is 2. The summed E-state index contributed by atoms with van der Waals surface area (Å²) >= 11 is 0. The van der Waals surface area contributed by atoms with Gasteiger partial charge in [0.25, 0.3) is 0 Å². The minimum absolute atomic E-state index is 0.119. The van der Waals surface area contributed by atoms with Gasteiger partial charge in [0, 0.05) is 24.2 Å². The smallest absolute Gasteiger partial charge is 0.411 e. The molecule has 5 rings (SSSR count). The van der Waals surface area contributed by atoms with Crippen molar-refractivity contribution in [2.45, 2.75) is 32.0 Å². The Balaban J connectivity index is 1.49. The Morgan fingerprint density at radius 1 is 1.06 bits per heavy atom. The maximum absolute atomic E-state index is 13.8. The predicted molar refractivity (Wildman–Crippen MR) is 119 cm³/mol. The molecule has 3 heterocycles. The molecule has 8 heteroatoms. The average Bonchev–Trinajstić information content (AvgIpc) is 3.04. The van der Waals surface area contributed by atoms with Crippen LogP contribution in [-0.2, 0) is 11.3 Å². The highest BCUT2D eigenvalue weighted by molar-refractivity contribution is 5.75. The van der Waals surface area contributed by atoms with Gasteiger partial charge >= 0.3 is 6.09 Å². The van der Waals surface area contributed by atoms with Crippen LogP contribution in [0.4, 0.5) is 19.4 Å². The first-order valence-corrected chi connectivity index (χ1v) is 10.9. The molecule has 2 saturated heterocycles. The topological polar surface area (TPSA) is 65.9 Å². The van der Waals surface area contributed by atoms with Crippen molar-refractivity contribution in [2.75, 3.05) is 18.0 Å². The minimum atomic E-state index is -0.986. The van der Waals surface area contributed by atoms with Gasteiger partial charge in [-0.3, -0.25) is 4.90 Å². The summed E-state index contributed by atoms with van der Waals surface area (Å²) in [6.07, 6.45) is -0.194.